The van der Waals surface area contributed by atoms with Crippen LogP contribution < -0.4 is 15.4 Å². The van der Waals surface area contributed by atoms with Crippen molar-refractivity contribution in [2.45, 2.75) is 16.4 Å². The molecule has 1 fully saturated rings. The first-order valence-corrected chi connectivity index (χ1v) is 10.3. The van der Waals surface area contributed by atoms with Crippen molar-refractivity contribution >= 4 is 23.6 Å². The summed E-state index contributed by atoms with van der Waals surface area (Å²) >= 11 is 1.42. The second-order valence-corrected chi connectivity index (χ2v) is 7.67. The van der Waals surface area contributed by atoms with Gasteiger partial charge in [0.05, 0.1) is 24.3 Å². The third-order valence-corrected chi connectivity index (χ3v) is 5.42. The van der Waals surface area contributed by atoms with E-state index >= 15 is 0 Å². The van der Waals surface area contributed by atoms with Crippen molar-refractivity contribution in [1.29, 1.82) is 0 Å². The molecule has 0 spiro atoms. The molecule has 30 heavy (non-hydrogen) atoms. The van der Waals surface area contributed by atoms with Crippen LogP contribution in [0.1, 0.15) is 16.1 Å². The molecule has 0 saturated carbocycles. The van der Waals surface area contributed by atoms with E-state index in [1.807, 2.05) is 30.3 Å². The van der Waals surface area contributed by atoms with Gasteiger partial charge in [0.2, 0.25) is 11.8 Å². The largest absolute Gasteiger partial charge is 0.472 e. The van der Waals surface area contributed by atoms with Gasteiger partial charge in [-0.2, -0.15) is 4.98 Å². The maximum Gasteiger partial charge on any atom is 0.267 e. The van der Waals surface area contributed by atoms with Gasteiger partial charge < -0.3 is 20.1 Å². The molecule has 9 heteroatoms. The summed E-state index contributed by atoms with van der Waals surface area (Å²) in [6.45, 7) is 3.18. The number of morpholine rings is 1. The number of aromatic nitrogens is 3. The number of ether oxygens (including phenoxy) is 2. The van der Waals surface area contributed by atoms with Crippen LogP contribution >= 0.6 is 11.8 Å². The Hall–Kier alpha value is -3.17. The quantitative estimate of drug-likeness (QED) is 0.618. The van der Waals surface area contributed by atoms with Crippen LogP contribution in [0.3, 0.4) is 0 Å². The molecule has 0 bridgehead atoms. The molecule has 8 nitrogen and oxygen atoms in total. The number of primary amides is 1. The van der Waals surface area contributed by atoms with Gasteiger partial charge in [-0.1, -0.05) is 42.1 Å². The molecular weight excluding hydrogens is 402 g/mol. The predicted octanol–water partition coefficient (Wildman–Crippen LogP) is 2.54. The number of hydrogen-bond donors (Lipinski definition) is 1. The highest BCUT2D eigenvalue weighted by molar-refractivity contribution is 7.99. The zero-order chi connectivity index (χ0) is 20.8. The zero-order valence-corrected chi connectivity index (χ0v) is 17.0. The fourth-order valence-corrected chi connectivity index (χ4v) is 3.67. The molecule has 1 aliphatic heterocycles. The number of carbonyl (C=O) groups excluding carboxylic acids is 1. The SMILES string of the molecule is NC(=O)c1ccc(Sc2cnc(N3CCOCC3)nc2OCc2ccccc2)cn1. The zero-order valence-electron chi connectivity index (χ0n) is 16.2. The van der Waals surface area contributed by atoms with Crippen LogP contribution in [-0.4, -0.2) is 47.2 Å². The smallest absolute Gasteiger partial charge is 0.267 e. The minimum atomic E-state index is -0.559. The summed E-state index contributed by atoms with van der Waals surface area (Å²) in [6.07, 6.45) is 3.35. The van der Waals surface area contributed by atoms with E-state index < -0.39 is 5.91 Å². The van der Waals surface area contributed by atoms with Crippen LogP contribution in [0.2, 0.25) is 0 Å². The van der Waals surface area contributed by atoms with E-state index in [1.165, 1.54) is 11.8 Å². The molecule has 0 radical (unpaired) electrons. The minimum absolute atomic E-state index is 0.221. The van der Waals surface area contributed by atoms with E-state index in [0.29, 0.717) is 31.6 Å². The van der Waals surface area contributed by atoms with E-state index in [4.69, 9.17) is 15.2 Å². The summed E-state index contributed by atoms with van der Waals surface area (Å²) in [5, 5.41) is 0. The Bertz CT molecular complexity index is 995. The summed E-state index contributed by atoms with van der Waals surface area (Å²) in [6, 6.07) is 13.3. The third-order valence-electron chi connectivity index (χ3n) is 4.44. The Morgan fingerprint density at radius 3 is 2.60 bits per heavy atom. The van der Waals surface area contributed by atoms with E-state index in [2.05, 4.69) is 19.9 Å². The van der Waals surface area contributed by atoms with Crippen LogP contribution in [0.5, 0.6) is 5.88 Å². The van der Waals surface area contributed by atoms with E-state index in [1.54, 1.807) is 24.5 Å². The molecule has 0 aliphatic carbocycles. The number of anilines is 1. The average molecular weight is 423 g/mol. The Morgan fingerprint density at radius 1 is 1.10 bits per heavy atom. The van der Waals surface area contributed by atoms with E-state index in [9.17, 15) is 4.79 Å². The molecule has 1 aromatic carbocycles. The van der Waals surface area contributed by atoms with Crippen molar-refractivity contribution in [2.75, 3.05) is 31.2 Å². The minimum Gasteiger partial charge on any atom is -0.472 e. The number of carbonyl (C=O) groups is 1. The summed E-state index contributed by atoms with van der Waals surface area (Å²) in [7, 11) is 0. The maximum absolute atomic E-state index is 11.2. The van der Waals surface area contributed by atoms with Gasteiger partial charge in [-0.3, -0.25) is 4.79 Å². The van der Waals surface area contributed by atoms with Crippen molar-refractivity contribution in [3.05, 3.63) is 66.1 Å². The lowest BCUT2D eigenvalue weighted by molar-refractivity contribution is 0.0995. The van der Waals surface area contributed by atoms with Gasteiger partial charge >= 0.3 is 0 Å². The molecule has 1 saturated heterocycles. The summed E-state index contributed by atoms with van der Waals surface area (Å²) in [4.78, 5) is 28.2. The average Bonchev–Trinajstić information content (AvgIpc) is 2.80. The number of nitrogens with two attached hydrogens (primary N) is 1. The molecule has 154 valence electrons. The van der Waals surface area contributed by atoms with E-state index in [-0.39, 0.29) is 5.69 Å². The second-order valence-electron chi connectivity index (χ2n) is 6.56. The van der Waals surface area contributed by atoms with Gasteiger partial charge in [-0.05, 0) is 17.7 Å². The molecule has 2 aromatic heterocycles. The van der Waals surface area contributed by atoms with Gasteiger partial charge in [-0.25, -0.2) is 9.97 Å². The molecule has 2 N–H and O–H groups in total. The Kier molecular flexibility index (Phi) is 6.41. The fraction of sp³-hybridized carbons (Fsp3) is 0.238. The number of amides is 1. The topological polar surface area (TPSA) is 103 Å². The summed E-state index contributed by atoms with van der Waals surface area (Å²) < 4.78 is 11.5. The van der Waals surface area contributed by atoms with Gasteiger partial charge in [-0.15, -0.1) is 0 Å². The van der Waals surface area contributed by atoms with Crippen molar-refractivity contribution in [1.82, 2.24) is 15.0 Å². The van der Waals surface area contributed by atoms with Crippen LogP contribution in [-0.2, 0) is 11.3 Å². The molecule has 3 heterocycles. The maximum atomic E-state index is 11.2. The molecule has 3 aromatic rings. The van der Waals surface area contributed by atoms with Gasteiger partial charge in [0.25, 0.3) is 5.91 Å². The number of benzene rings is 1. The van der Waals surface area contributed by atoms with Gasteiger partial charge in [0.1, 0.15) is 12.3 Å². The Morgan fingerprint density at radius 2 is 1.90 bits per heavy atom. The first-order chi connectivity index (χ1) is 14.7. The lowest BCUT2D eigenvalue weighted by Gasteiger charge is -2.27. The normalized spacial score (nSPS) is 13.8. The number of pyridine rings is 1. The highest BCUT2D eigenvalue weighted by atomic mass is 32.2. The van der Waals surface area contributed by atoms with Crippen molar-refractivity contribution in [3.63, 3.8) is 0 Å². The Labute approximate surface area is 178 Å². The van der Waals surface area contributed by atoms with Crippen LogP contribution in [0, 0.1) is 0 Å². The van der Waals surface area contributed by atoms with Gasteiger partial charge in [0.15, 0.2) is 0 Å². The molecule has 1 aliphatic rings. The summed E-state index contributed by atoms with van der Waals surface area (Å²) in [5.74, 6) is 0.559. The van der Waals surface area contributed by atoms with Crippen LogP contribution in [0.25, 0.3) is 0 Å². The molecule has 4 rings (SSSR count). The summed E-state index contributed by atoms with van der Waals surface area (Å²) in [5.41, 5.74) is 6.53. The van der Waals surface area contributed by atoms with Crippen molar-refractivity contribution in [3.8, 4) is 5.88 Å². The molecule has 1 amide bonds. The van der Waals surface area contributed by atoms with Crippen LogP contribution in [0.4, 0.5) is 5.95 Å². The molecular formula is C21H21N5O3S. The van der Waals surface area contributed by atoms with E-state index in [0.717, 1.165) is 28.4 Å². The van der Waals surface area contributed by atoms with Crippen molar-refractivity contribution < 1.29 is 14.3 Å². The predicted molar refractivity (Wildman–Crippen MR) is 113 cm³/mol. The molecule has 0 atom stereocenters. The highest BCUT2D eigenvalue weighted by Crippen LogP contribution is 2.34. The lowest BCUT2D eigenvalue weighted by atomic mass is 10.2. The first kappa shape index (κ1) is 20.1. The van der Waals surface area contributed by atoms with Gasteiger partial charge in [0, 0.05) is 24.2 Å². The second kappa shape index (κ2) is 9.55. The van der Waals surface area contributed by atoms with Crippen molar-refractivity contribution in [2.24, 2.45) is 5.73 Å². The Balaban J connectivity index is 1.57. The highest BCUT2D eigenvalue weighted by Gasteiger charge is 2.18. The fourth-order valence-electron chi connectivity index (χ4n) is 2.87. The standard InChI is InChI=1S/C21H21N5O3S/c22-19(27)17-7-6-16(12-23-17)30-18-13-24-21(26-8-10-28-11-9-26)25-20(18)29-14-15-4-2-1-3-5-15/h1-7,12-13H,8-11,14H2,(H2,22,27). The third kappa shape index (κ3) is 5.05. The monoisotopic (exact) mass is 423 g/mol. The number of rotatable bonds is 7. The number of hydrogen-bond acceptors (Lipinski definition) is 8. The van der Waals surface area contributed by atoms with Crippen LogP contribution in [0.15, 0.2) is 64.6 Å². The number of nitrogens with zero attached hydrogens (tertiary/aromatic N) is 4. The first-order valence-electron chi connectivity index (χ1n) is 9.49. The molecule has 0 unspecified atom stereocenters. The lowest BCUT2D eigenvalue weighted by Crippen LogP contribution is -2.37.